The molecule has 2 N–H and O–H groups in total. The number of benzene rings is 2. The van der Waals surface area contributed by atoms with Gasteiger partial charge in [-0.2, -0.15) is 13.2 Å². The number of aliphatic hydroxyl groups is 1. The summed E-state index contributed by atoms with van der Waals surface area (Å²) in [5, 5.41) is 12.5. The van der Waals surface area contributed by atoms with Crippen LogP contribution in [-0.2, 0) is 26.9 Å². The number of hydrogen-bond acceptors (Lipinski definition) is 5. The van der Waals surface area contributed by atoms with E-state index in [1.54, 1.807) is 24.3 Å². The lowest BCUT2D eigenvalue weighted by Gasteiger charge is -2.19. The summed E-state index contributed by atoms with van der Waals surface area (Å²) >= 11 is 0. The number of rotatable bonds is 7. The maximum Gasteiger partial charge on any atom is 0.416 e. The third kappa shape index (κ3) is 5.95. The number of methoxy groups -OCH3 is 2. The van der Waals surface area contributed by atoms with E-state index in [1.165, 1.54) is 7.11 Å². The zero-order valence-electron chi connectivity index (χ0n) is 15.7. The molecule has 2 aromatic carbocycles. The lowest BCUT2D eigenvalue weighted by Crippen LogP contribution is -2.45. The van der Waals surface area contributed by atoms with Crippen LogP contribution in [0.1, 0.15) is 22.8 Å². The standard InChI is InChI=1S/C20H20F3NO5/c1-28-15-5-3-4-12(10-15)11-16(19(27)29-2)24-18(26)17(25)13-6-8-14(9-7-13)20(21,22)23/h3-10,16-17,25H,11H2,1-2H3,(H,24,26)/t16-,17+/m0/s1. The molecule has 0 aliphatic rings. The third-order valence-corrected chi connectivity index (χ3v) is 4.18. The average molecular weight is 411 g/mol. The third-order valence-electron chi connectivity index (χ3n) is 4.18. The molecule has 156 valence electrons. The second kappa shape index (κ2) is 9.42. The van der Waals surface area contributed by atoms with Crippen molar-refractivity contribution >= 4 is 11.9 Å². The fourth-order valence-electron chi connectivity index (χ4n) is 2.63. The molecular weight excluding hydrogens is 391 g/mol. The Morgan fingerprint density at radius 2 is 1.76 bits per heavy atom. The molecule has 0 unspecified atom stereocenters. The number of halogens is 3. The molecule has 9 heteroatoms. The Morgan fingerprint density at radius 1 is 1.10 bits per heavy atom. The molecule has 2 aromatic rings. The van der Waals surface area contributed by atoms with Gasteiger partial charge in [-0.1, -0.05) is 24.3 Å². The number of carbonyl (C=O) groups excluding carboxylic acids is 2. The number of esters is 1. The number of alkyl halides is 3. The number of nitrogens with one attached hydrogen (secondary N) is 1. The molecule has 0 heterocycles. The van der Waals surface area contributed by atoms with Gasteiger partial charge in [-0.05, 0) is 35.4 Å². The SMILES string of the molecule is COC(=O)[C@H](Cc1cccc(OC)c1)NC(=O)[C@H](O)c1ccc(C(F)(F)F)cc1. The minimum absolute atomic E-state index is 0.0412. The largest absolute Gasteiger partial charge is 0.497 e. The average Bonchev–Trinajstić information content (AvgIpc) is 2.71. The molecule has 0 fully saturated rings. The van der Waals surface area contributed by atoms with Crippen molar-refractivity contribution in [3.63, 3.8) is 0 Å². The Labute approximate surface area is 165 Å². The monoisotopic (exact) mass is 411 g/mol. The van der Waals surface area contributed by atoms with Crippen LogP contribution in [0.4, 0.5) is 13.2 Å². The molecule has 2 rings (SSSR count). The van der Waals surface area contributed by atoms with Crippen LogP contribution < -0.4 is 10.1 Å². The Balaban J connectivity index is 2.13. The first kappa shape index (κ1) is 22.2. The molecule has 0 saturated heterocycles. The predicted molar refractivity (Wildman–Crippen MR) is 97.0 cm³/mol. The highest BCUT2D eigenvalue weighted by Gasteiger charge is 2.31. The van der Waals surface area contributed by atoms with Crippen LogP contribution in [0, 0.1) is 0 Å². The lowest BCUT2D eigenvalue weighted by atomic mass is 10.0. The Kier molecular flexibility index (Phi) is 7.22. The zero-order valence-corrected chi connectivity index (χ0v) is 15.7. The maximum absolute atomic E-state index is 12.6. The Morgan fingerprint density at radius 3 is 2.31 bits per heavy atom. The topological polar surface area (TPSA) is 84.9 Å². The lowest BCUT2D eigenvalue weighted by molar-refractivity contribution is -0.146. The molecule has 0 bridgehead atoms. The van der Waals surface area contributed by atoms with Crippen LogP contribution in [0.3, 0.4) is 0 Å². The van der Waals surface area contributed by atoms with E-state index in [-0.39, 0.29) is 12.0 Å². The first-order valence-corrected chi connectivity index (χ1v) is 8.52. The summed E-state index contributed by atoms with van der Waals surface area (Å²) in [7, 11) is 2.64. The van der Waals surface area contributed by atoms with Gasteiger partial charge in [0.25, 0.3) is 5.91 Å². The molecule has 0 radical (unpaired) electrons. The second-order valence-corrected chi connectivity index (χ2v) is 6.16. The van der Waals surface area contributed by atoms with Gasteiger partial charge in [-0.3, -0.25) is 4.79 Å². The quantitative estimate of drug-likeness (QED) is 0.685. The van der Waals surface area contributed by atoms with E-state index in [4.69, 9.17) is 4.74 Å². The van der Waals surface area contributed by atoms with Crippen molar-refractivity contribution in [1.82, 2.24) is 5.32 Å². The van der Waals surface area contributed by atoms with Gasteiger partial charge in [-0.25, -0.2) is 4.79 Å². The molecule has 6 nitrogen and oxygen atoms in total. The predicted octanol–water partition coefficient (Wildman–Crippen LogP) is 2.65. The number of ether oxygens (including phenoxy) is 2. The summed E-state index contributed by atoms with van der Waals surface area (Å²) in [6, 6.07) is 9.24. The highest BCUT2D eigenvalue weighted by Crippen LogP contribution is 2.30. The van der Waals surface area contributed by atoms with E-state index in [0.717, 1.165) is 31.4 Å². The fourth-order valence-corrected chi connectivity index (χ4v) is 2.63. The summed E-state index contributed by atoms with van der Waals surface area (Å²) in [5.74, 6) is -1.12. The molecule has 2 atom stereocenters. The van der Waals surface area contributed by atoms with Crippen LogP contribution in [-0.4, -0.2) is 37.2 Å². The van der Waals surface area contributed by atoms with Crippen molar-refractivity contribution in [2.45, 2.75) is 24.7 Å². The second-order valence-electron chi connectivity index (χ2n) is 6.16. The van der Waals surface area contributed by atoms with Gasteiger partial charge in [0.2, 0.25) is 0 Å². The van der Waals surface area contributed by atoms with Crippen LogP contribution in [0.15, 0.2) is 48.5 Å². The number of amides is 1. The molecule has 1 amide bonds. The van der Waals surface area contributed by atoms with Crippen molar-refractivity contribution in [2.24, 2.45) is 0 Å². The van der Waals surface area contributed by atoms with Crippen molar-refractivity contribution in [3.05, 3.63) is 65.2 Å². The van der Waals surface area contributed by atoms with Gasteiger partial charge in [0, 0.05) is 6.42 Å². The summed E-state index contributed by atoms with van der Waals surface area (Å²) in [5.41, 5.74) is -0.274. The van der Waals surface area contributed by atoms with Crippen molar-refractivity contribution in [3.8, 4) is 5.75 Å². The van der Waals surface area contributed by atoms with Gasteiger partial charge >= 0.3 is 12.1 Å². The van der Waals surface area contributed by atoms with Gasteiger partial charge < -0.3 is 19.9 Å². The van der Waals surface area contributed by atoms with E-state index in [2.05, 4.69) is 10.1 Å². The molecule has 0 aromatic heterocycles. The van der Waals surface area contributed by atoms with Crippen molar-refractivity contribution in [2.75, 3.05) is 14.2 Å². The van der Waals surface area contributed by atoms with Gasteiger partial charge in [0.15, 0.2) is 6.10 Å². The van der Waals surface area contributed by atoms with E-state index in [1.807, 2.05) is 0 Å². The first-order valence-electron chi connectivity index (χ1n) is 8.52. The summed E-state index contributed by atoms with van der Waals surface area (Å²) in [4.78, 5) is 24.4. The summed E-state index contributed by atoms with van der Waals surface area (Å²) in [6.45, 7) is 0. The normalized spacial score (nSPS) is 13.3. The number of aliphatic hydroxyl groups excluding tert-OH is 1. The smallest absolute Gasteiger partial charge is 0.416 e. The van der Waals surface area contributed by atoms with Crippen molar-refractivity contribution < 1.29 is 37.3 Å². The highest BCUT2D eigenvalue weighted by molar-refractivity contribution is 5.87. The first-order chi connectivity index (χ1) is 13.7. The van der Waals surface area contributed by atoms with E-state index < -0.39 is 35.8 Å². The van der Waals surface area contributed by atoms with Crippen LogP contribution in [0.25, 0.3) is 0 Å². The molecule has 29 heavy (non-hydrogen) atoms. The van der Waals surface area contributed by atoms with E-state index >= 15 is 0 Å². The van der Waals surface area contributed by atoms with Gasteiger partial charge in [0.1, 0.15) is 11.8 Å². The van der Waals surface area contributed by atoms with Crippen LogP contribution in [0.2, 0.25) is 0 Å². The fraction of sp³-hybridized carbons (Fsp3) is 0.300. The maximum atomic E-state index is 12.6. The summed E-state index contributed by atoms with van der Waals surface area (Å²) in [6.07, 6.45) is -6.22. The van der Waals surface area contributed by atoms with Crippen molar-refractivity contribution in [1.29, 1.82) is 0 Å². The van der Waals surface area contributed by atoms with E-state index in [0.29, 0.717) is 11.3 Å². The molecule has 0 aliphatic carbocycles. The highest BCUT2D eigenvalue weighted by atomic mass is 19.4. The summed E-state index contributed by atoms with van der Waals surface area (Å²) < 4.78 is 47.7. The van der Waals surface area contributed by atoms with Gasteiger partial charge in [0.05, 0.1) is 19.8 Å². The molecule has 0 aliphatic heterocycles. The molecular formula is C20H20F3NO5. The minimum Gasteiger partial charge on any atom is -0.497 e. The molecule has 0 saturated carbocycles. The van der Waals surface area contributed by atoms with Gasteiger partial charge in [-0.15, -0.1) is 0 Å². The number of hydrogen-bond donors (Lipinski definition) is 2. The minimum atomic E-state index is -4.53. The number of carbonyl (C=O) groups is 2. The zero-order chi connectivity index (χ0) is 21.6. The Hall–Kier alpha value is -3.07. The van der Waals surface area contributed by atoms with Crippen LogP contribution >= 0.6 is 0 Å². The van der Waals surface area contributed by atoms with E-state index in [9.17, 15) is 27.9 Å². The Bertz CT molecular complexity index is 852. The molecule has 0 spiro atoms. The van der Waals surface area contributed by atoms with Crippen LogP contribution in [0.5, 0.6) is 5.75 Å².